The van der Waals surface area contributed by atoms with Gasteiger partial charge in [-0.25, -0.2) is 4.98 Å². The van der Waals surface area contributed by atoms with Gasteiger partial charge >= 0.3 is 6.18 Å². The highest BCUT2D eigenvalue weighted by Gasteiger charge is 2.30. The topological polar surface area (TPSA) is 99.6 Å². The molecule has 2 heterocycles. The van der Waals surface area contributed by atoms with Crippen LogP contribution in [0.25, 0.3) is 22.4 Å². The third-order valence-corrected chi connectivity index (χ3v) is 3.74. The van der Waals surface area contributed by atoms with E-state index in [9.17, 15) is 23.7 Å². The van der Waals surface area contributed by atoms with Crippen molar-refractivity contribution in [2.45, 2.75) is 6.18 Å². The molecule has 0 fully saturated rings. The monoisotopic (exact) mass is 354 g/mol. The van der Waals surface area contributed by atoms with Gasteiger partial charge < -0.3 is 10.2 Å². The summed E-state index contributed by atoms with van der Waals surface area (Å²) in [6.07, 6.45) is -1.76. The lowest BCUT2D eigenvalue weighted by molar-refractivity contribution is -0.137. The summed E-state index contributed by atoms with van der Waals surface area (Å²) in [7, 11) is 0. The predicted molar refractivity (Wildman–Crippen MR) is 86.2 cm³/mol. The van der Waals surface area contributed by atoms with Crippen molar-refractivity contribution in [2.24, 2.45) is 0 Å². The van der Waals surface area contributed by atoms with Crippen molar-refractivity contribution in [2.75, 3.05) is 5.73 Å². The van der Waals surface area contributed by atoms with Crippen molar-refractivity contribution in [1.29, 1.82) is 10.5 Å². The summed E-state index contributed by atoms with van der Waals surface area (Å²) in [6.45, 7) is 0. The highest BCUT2D eigenvalue weighted by atomic mass is 19.4. The van der Waals surface area contributed by atoms with Crippen LogP contribution >= 0.6 is 0 Å². The van der Waals surface area contributed by atoms with E-state index in [1.165, 1.54) is 24.7 Å². The van der Waals surface area contributed by atoms with Crippen molar-refractivity contribution < 1.29 is 17.6 Å². The second-order valence-corrected chi connectivity index (χ2v) is 5.28. The van der Waals surface area contributed by atoms with Gasteiger partial charge in [0.05, 0.1) is 29.3 Å². The van der Waals surface area contributed by atoms with Crippen LogP contribution in [0.3, 0.4) is 0 Å². The zero-order chi connectivity index (χ0) is 18.9. The van der Waals surface area contributed by atoms with E-state index in [2.05, 4.69) is 4.98 Å². The summed E-state index contributed by atoms with van der Waals surface area (Å²) < 4.78 is 43.3. The van der Waals surface area contributed by atoms with E-state index in [-0.39, 0.29) is 33.8 Å². The van der Waals surface area contributed by atoms with Gasteiger partial charge in [-0.3, -0.25) is 0 Å². The molecule has 2 N–H and O–H groups in total. The maximum atomic E-state index is 12.8. The number of rotatable bonds is 2. The van der Waals surface area contributed by atoms with Crippen LogP contribution in [-0.2, 0) is 6.18 Å². The van der Waals surface area contributed by atoms with E-state index in [0.717, 1.165) is 12.1 Å². The fourth-order valence-electron chi connectivity index (χ4n) is 2.55. The van der Waals surface area contributed by atoms with Gasteiger partial charge in [-0.15, -0.1) is 0 Å². The summed E-state index contributed by atoms with van der Waals surface area (Å²) in [5.41, 5.74) is 6.00. The Morgan fingerprint density at radius 3 is 2.12 bits per heavy atom. The molecule has 0 bridgehead atoms. The second-order valence-electron chi connectivity index (χ2n) is 5.28. The van der Waals surface area contributed by atoms with Crippen LogP contribution in [0.15, 0.2) is 47.3 Å². The number of nitrogens with zero attached hydrogens (tertiary/aromatic N) is 3. The van der Waals surface area contributed by atoms with Crippen LogP contribution in [0.4, 0.5) is 19.0 Å². The predicted octanol–water partition coefficient (Wildman–Crippen LogP) is 4.35. The molecule has 128 valence electrons. The van der Waals surface area contributed by atoms with Gasteiger partial charge in [-0.1, -0.05) is 12.1 Å². The molecule has 0 amide bonds. The van der Waals surface area contributed by atoms with Crippen LogP contribution < -0.4 is 5.73 Å². The van der Waals surface area contributed by atoms with Gasteiger partial charge in [0.25, 0.3) is 0 Å². The molecule has 0 saturated carbocycles. The van der Waals surface area contributed by atoms with Gasteiger partial charge in [0.2, 0.25) is 0 Å². The standard InChI is InChI=1S/C18H9F3N4O/c19-18(20,21)12-3-1-10(2-4-12)15-13(7-22)16(11-5-6-26-9-11)25-17(24)14(15)8-23/h1-6,9H,(H2,24,25). The second kappa shape index (κ2) is 6.26. The summed E-state index contributed by atoms with van der Waals surface area (Å²) >= 11 is 0. The SMILES string of the molecule is N#Cc1c(N)nc(-c2ccoc2)c(C#N)c1-c1ccc(C(F)(F)F)cc1. The Morgan fingerprint density at radius 2 is 1.62 bits per heavy atom. The molecule has 3 rings (SSSR count). The first-order valence-electron chi connectivity index (χ1n) is 7.20. The molecular formula is C18H9F3N4O. The number of pyridine rings is 1. The largest absolute Gasteiger partial charge is 0.472 e. The lowest BCUT2D eigenvalue weighted by atomic mass is 9.92. The number of nitriles is 2. The number of benzene rings is 1. The fraction of sp³-hybridized carbons (Fsp3) is 0.0556. The number of halogens is 3. The van der Waals surface area contributed by atoms with Crippen LogP contribution in [-0.4, -0.2) is 4.98 Å². The number of hydrogen-bond acceptors (Lipinski definition) is 5. The minimum Gasteiger partial charge on any atom is -0.472 e. The van der Waals surface area contributed by atoms with Gasteiger partial charge in [0.1, 0.15) is 23.5 Å². The molecule has 0 unspecified atom stereocenters. The normalized spacial score (nSPS) is 11.0. The molecule has 8 heteroatoms. The smallest absolute Gasteiger partial charge is 0.416 e. The molecule has 3 aromatic rings. The molecular weight excluding hydrogens is 345 g/mol. The Bertz CT molecular complexity index is 1040. The van der Waals surface area contributed by atoms with E-state index < -0.39 is 11.7 Å². The number of nitrogen functional groups attached to an aromatic ring is 1. The van der Waals surface area contributed by atoms with Crippen LogP contribution in [0.5, 0.6) is 0 Å². The molecule has 0 aliphatic carbocycles. The van der Waals surface area contributed by atoms with E-state index in [1.54, 1.807) is 6.07 Å². The van der Waals surface area contributed by atoms with E-state index >= 15 is 0 Å². The summed E-state index contributed by atoms with van der Waals surface area (Å²) in [6, 6.07) is 9.54. The van der Waals surface area contributed by atoms with Crippen LogP contribution in [0.2, 0.25) is 0 Å². The number of anilines is 1. The molecule has 0 saturated heterocycles. The first kappa shape index (κ1) is 17.1. The Morgan fingerprint density at radius 1 is 0.962 bits per heavy atom. The van der Waals surface area contributed by atoms with E-state index in [4.69, 9.17) is 10.2 Å². The number of hydrogen-bond donors (Lipinski definition) is 1. The van der Waals surface area contributed by atoms with Crippen molar-refractivity contribution in [3.05, 3.63) is 59.5 Å². The van der Waals surface area contributed by atoms with Crippen molar-refractivity contribution in [3.63, 3.8) is 0 Å². The van der Waals surface area contributed by atoms with Crippen LogP contribution in [0, 0.1) is 22.7 Å². The van der Waals surface area contributed by atoms with Gasteiger partial charge in [-0.2, -0.15) is 23.7 Å². The number of alkyl halides is 3. The minimum absolute atomic E-state index is 0.0249. The molecule has 0 aliphatic heterocycles. The lowest BCUT2D eigenvalue weighted by Gasteiger charge is -2.13. The third-order valence-electron chi connectivity index (χ3n) is 3.74. The zero-order valence-electron chi connectivity index (χ0n) is 13.0. The molecule has 1 aromatic carbocycles. The van der Waals surface area contributed by atoms with Crippen molar-refractivity contribution in [3.8, 4) is 34.5 Å². The highest BCUT2D eigenvalue weighted by Crippen LogP contribution is 2.37. The maximum Gasteiger partial charge on any atom is 0.416 e. The summed E-state index contributed by atoms with van der Waals surface area (Å²) in [5.74, 6) is -0.127. The molecule has 0 spiro atoms. The Hall–Kier alpha value is -3.78. The average Bonchev–Trinajstić information content (AvgIpc) is 3.14. The Balaban J connectivity index is 2.30. The molecule has 0 radical (unpaired) electrons. The first-order chi connectivity index (χ1) is 12.4. The Kier molecular flexibility index (Phi) is 4.11. The molecule has 5 nitrogen and oxygen atoms in total. The first-order valence-corrected chi connectivity index (χ1v) is 7.20. The summed E-state index contributed by atoms with van der Waals surface area (Å²) in [5, 5.41) is 19.0. The zero-order valence-corrected chi connectivity index (χ0v) is 13.0. The summed E-state index contributed by atoms with van der Waals surface area (Å²) in [4.78, 5) is 4.09. The average molecular weight is 354 g/mol. The van der Waals surface area contributed by atoms with Gasteiger partial charge in [-0.05, 0) is 23.8 Å². The van der Waals surface area contributed by atoms with Crippen LogP contribution in [0.1, 0.15) is 16.7 Å². The van der Waals surface area contributed by atoms with Gasteiger partial charge in [0.15, 0.2) is 0 Å². The fourth-order valence-corrected chi connectivity index (χ4v) is 2.55. The molecule has 26 heavy (non-hydrogen) atoms. The number of furan rings is 1. The number of nitrogens with two attached hydrogens (primary N) is 1. The lowest BCUT2D eigenvalue weighted by Crippen LogP contribution is -2.05. The third kappa shape index (κ3) is 2.85. The Labute approximate surface area is 145 Å². The quantitative estimate of drug-likeness (QED) is 0.737. The molecule has 0 aliphatic rings. The van der Waals surface area contributed by atoms with Crippen molar-refractivity contribution in [1.82, 2.24) is 4.98 Å². The highest BCUT2D eigenvalue weighted by molar-refractivity contribution is 5.86. The molecule has 2 aromatic heterocycles. The van der Waals surface area contributed by atoms with E-state index in [0.29, 0.717) is 5.56 Å². The molecule has 0 atom stereocenters. The minimum atomic E-state index is -4.49. The maximum absolute atomic E-state index is 12.8. The van der Waals surface area contributed by atoms with Gasteiger partial charge in [0, 0.05) is 11.1 Å². The van der Waals surface area contributed by atoms with Crippen molar-refractivity contribution >= 4 is 5.82 Å². The number of aromatic nitrogens is 1. The van der Waals surface area contributed by atoms with E-state index in [1.807, 2.05) is 12.1 Å².